The molecule has 6 fully saturated rings. The third-order valence-corrected chi connectivity index (χ3v) is 12.8. The van der Waals surface area contributed by atoms with Gasteiger partial charge in [0.25, 0.3) is 0 Å². The van der Waals surface area contributed by atoms with E-state index in [9.17, 15) is 10.2 Å². The third kappa shape index (κ3) is 2.87. The van der Waals surface area contributed by atoms with Crippen LogP contribution < -0.4 is 4.74 Å². The summed E-state index contributed by atoms with van der Waals surface area (Å²) in [7, 11) is 1.87. The van der Waals surface area contributed by atoms with Gasteiger partial charge in [0, 0.05) is 42.0 Å². The second kappa shape index (κ2) is 7.67. The van der Waals surface area contributed by atoms with Gasteiger partial charge in [0.1, 0.15) is 11.7 Å². The molecule has 0 radical (unpaired) electrons. The fraction of sp³-hybridized carbons (Fsp3) is 0.812. The first-order valence-electron chi connectivity index (χ1n) is 15.4. The van der Waals surface area contributed by atoms with E-state index in [1.54, 1.807) is 0 Å². The largest absolute Gasteiger partial charge is 0.504 e. The second-order valence-electron chi connectivity index (χ2n) is 14.5. The fourth-order valence-electron chi connectivity index (χ4n) is 11.2. The van der Waals surface area contributed by atoms with Crippen LogP contribution in [-0.2, 0) is 16.6 Å². The number of hydrogen-bond donors (Lipinski definition) is 2. The number of phenols is 1. The predicted octanol–water partition coefficient (Wildman–Crippen LogP) is 5.34. The molecule has 4 bridgehead atoms. The molecule has 0 aromatic heterocycles. The summed E-state index contributed by atoms with van der Waals surface area (Å²) < 4.78 is 13.6. The van der Waals surface area contributed by atoms with Crippen LogP contribution in [0.3, 0.4) is 0 Å². The van der Waals surface area contributed by atoms with E-state index in [0.717, 1.165) is 56.7 Å². The molecule has 1 aromatic rings. The lowest BCUT2D eigenvalue weighted by atomic mass is 9.33. The molecule has 7 atom stereocenters. The van der Waals surface area contributed by atoms with Crippen LogP contribution in [0.5, 0.6) is 11.5 Å². The first-order chi connectivity index (χ1) is 17.8. The number of ether oxygens (including phenoxy) is 2. The molecular formula is C32H45NO4. The Morgan fingerprint density at radius 2 is 1.89 bits per heavy atom. The first kappa shape index (κ1) is 23.6. The highest BCUT2D eigenvalue weighted by Gasteiger charge is 2.82. The number of aliphatic hydroxyl groups is 1. The highest BCUT2D eigenvalue weighted by molar-refractivity contribution is 5.63. The summed E-state index contributed by atoms with van der Waals surface area (Å²) in [6, 6.07) is 4.53. The van der Waals surface area contributed by atoms with Gasteiger partial charge < -0.3 is 19.7 Å². The van der Waals surface area contributed by atoms with Crippen molar-refractivity contribution in [2.24, 2.45) is 23.2 Å². The van der Waals surface area contributed by atoms with Crippen molar-refractivity contribution in [3.05, 3.63) is 23.3 Å². The molecule has 5 heteroatoms. The Labute approximate surface area is 221 Å². The summed E-state index contributed by atoms with van der Waals surface area (Å²) in [5, 5.41) is 23.5. The SMILES string of the molecule is COC12CCC3(CC1C(C)(O)CC1CCCCC1)C1Cc4ccc(O)c5c4[C@@]3(CCN1CC1CC1)C2O5. The summed E-state index contributed by atoms with van der Waals surface area (Å²) in [6.45, 7) is 4.47. The van der Waals surface area contributed by atoms with Gasteiger partial charge in [0.2, 0.25) is 0 Å². The second-order valence-corrected chi connectivity index (χ2v) is 14.5. The van der Waals surface area contributed by atoms with Crippen molar-refractivity contribution in [1.82, 2.24) is 4.90 Å². The van der Waals surface area contributed by atoms with Crippen molar-refractivity contribution < 1.29 is 19.7 Å². The van der Waals surface area contributed by atoms with E-state index < -0.39 is 11.2 Å². The van der Waals surface area contributed by atoms with Crippen LogP contribution in [-0.4, -0.2) is 58.7 Å². The molecule has 2 aliphatic heterocycles. The number of nitrogens with zero attached hydrogens (tertiary/aromatic N) is 1. The van der Waals surface area contributed by atoms with E-state index >= 15 is 0 Å². The van der Waals surface area contributed by atoms with Gasteiger partial charge in [-0.2, -0.15) is 0 Å². The van der Waals surface area contributed by atoms with Gasteiger partial charge in [-0.1, -0.05) is 38.2 Å². The van der Waals surface area contributed by atoms with Crippen LogP contribution in [0.15, 0.2) is 12.1 Å². The zero-order valence-corrected chi connectivity index (χ0v) is 22.8. The molecule has 1 aromatic carbocycles. The Hall–Kier alpha value is -1.30. The average Bonchev–Trinajstić information content (AvgIpc) is 3.64. The molecule has 2 heterocycles. The number of benzene rings is 1. The normalized spacial score (nSPS) is 43.8. The zero-order valence-electron chi connectivity index (χ0n) is 22.8. The minimum Gasteiger partial charge on any atom is -0.504 e. The molecule has 5 nitrogen and oxygen atoms in total. The van der Waals surface area contributed by atoms with E-state index in [1.807, 2.05) is 13.2 Å². The van der Waals surface area contributed by atoms with Crippen molar-refractivity contribution in [3.8, 4) is 11.5 Å². The van der Waals surface area contributed by atoms with E-state index in [2.05, 4.69) is 17.9 Å². The quantitative estimate of drug-likeness (QED) is 0.544. The maximum Gasteiger partial charge on any atom is 0.165 e. The topological polar surface area (TPSA) is 62.2 Å². The monoisotopic (exact) mass is 507 g/mol. The molecule has 2 spiro atoms. The molecule has 6 unspecified atom stereocenters. The van der Waals surface area contributed by atoms with E-state index in [-0.39, 0.29) is 28.6 Å². The van der Waals surface area contributed by atoms with Crippen LogP contribution in [0.2, 0.25) is 0 Å². The highest BCUT2D eigenvalue weighted by Crippen LogP contribution is 2.77. The van der Waals surface area contributed by atoms with Gasteiger partial charge in [-0.15, -0.1) is 0 Å². The number of methoxy groups -OCH3 is 1. The van der Waals surface area contributed by atoms with Crippen LogP contribution in [0.4, 0.5) is 0 Å². The van der Waals surface area contributed by atoms with Crippen molar-refractivity contribution in [2.45, 2.75) is 119 Å². The smallest absolute Gasteiger partial charge is 0.165 e. The summed E-state index contributed by atoms with van der Waals surface area (Å²) in [5.41, 5.74) is 1.33. The van der Waals surface area contributed by atoms with E-state index in [0.29, 0.717) is 12.0 Å². The van der Waals surface area contributed by atoms with Gasteiger partial charge in [-0.25, -0.2) is 0 Å². The first-order valence-corrected chi connectivity index (χ1v) is 15.4. The van der Waals surface area contributed by atoms with Crippen LogP contribution >= 0.6 is 0 Å². The van der Waals surface area contributed by atoms with Gasteiger partial charge in [-0.3, -0.25) is 4.90 Å². The maximum absolute atomic E-state index is 12.4. The molecule has 37 heavy (non-hydrogen) atoms. The van der Waals surface area contributed by atoms with Gasteiger partial charge in [-0.05, 0) is 88.3 Å². The van der Waals surface area contributed by atoms with Gasteiger partial charge in [0.05, 0.1) is 5.60 Å². The molecular weight excluding hydrogens is 462 g/mol. The molecule has 202 valence electrons. The predicted molar refractivity (Wildman–Crippen MR) is 142 cm³/mol. The average molecular weight is 508 g/mol. The minimum atomic E-state index is -0.789. The Morgan fingerprint density at radius 3 is 2.65 bits per heavy atom. The van der Waals surface area contributed by atoms with Crippen molar-refractivity contribution >= 4 is 0 Å². The number of hydrogen-bond acceptors (Lipinski definition) is 5. The maximum atomic E-state index is 12.4. The lowest BCUT2D eigenvalue weighted by Gasteiger charge is -2.75. The number of aromatic hydroxyl groups is 1. The number of fused-ring (bicyclic) bond motifs is 2. The summed E-state index contributed by atoms with van der Waals surface area (Å²) in [5.74, 6) is 2.54. The van der Waals surface area contributed by atoms with E-state index in [1.165, 1.54) is 62.6 Å². The minimum absolute atomic E-state index is 0.0418. The van der Waals surface area contributed by atoms with Crippen LogP contribution in [0, 0.1) is 23.2 Å². The van der Waals surface area contributed by atoms with Crippen LogP contribution in [0.1, 0.15) is 95.1 Å². The Balaban J connectivity index is 1.28. The van der Waals surface area contributed by atoms with Crippen LogP contribution in [0.25, 0.3) is 0 Å². The lowest BCUT2D eigenvalue weighted by Crippen LogP contribution is -2.82. The Kier molecular flexibility index (Phi) is 4.88. The lowest BCUT2D eigenvalue weighted by molar-refractivity contribution is -0.303. The molecule has 2 N–H and O–H groups in total. The number of rotatable bonds is 6. The molecule has 0 amide bonds. The van der Waals surface area contributed by atoms with Crippen molar-refractivity contribution in [1.29, 1.82) is 0 Å². The number of likely N-dealkylation sites (tertiary alicyclic amines) is 1. The van der Waals surface area contributed by atoms with E-state index in [4.69, 9.17) is 9.47 Å². The summed E-state index contributed by atoms with van der Waals surface area (Å²) in [4.78, 5) is 2.85. The van der Waals surface area contributed by atoms with Gasteiger partial charge in [0.15, 0.2) is 11.5 Å². The Bertz CT molecular complexity index is 1110. The Morgan fingerprint density at radius 1 is 1.08 bits per heavy atom. The third-order valence-electron chi connectivity index (χ3n) is 12.8. The van der Waals surface area contributed by atoms with Gasteiger partial charge >= 0.3 is 0 Å². The molecule has 5 saturated carbocycles. The van der Waals surface area contributed by atoms with Crippen molar-refractivity contribution in [3.63, 3.8) is 0 Å². The fourth-order valence-corrected chi connectivity index (χ4v) is 11.2. The standard InChI is InChI=1S/C32H45NO4/c1-29(35,17-20-6-4-3-5-7-20)24-18-30-12-13-32(24,36-2)28-31(30)14-15-33(19-21-8-9-21)25(30)16-22-10-11-23(34)27(37-28)26(22)31/h10-11,20-21,24-25,28,34-35H,3-9,12-19H2,1-2H3/t24?,25?,28?,29?,30?,31-,32?/m0/s1. The molecule has 8 aliphatic rings. The number of phenolic OH excluding ortho intramolecular Hbond substituents is 1. The molecule has 9 rings (SSSR count). The highest BCUT2D eigenvalue weighted by atomic mass is 16.6. The molecule has 6 aliphatic carbocycles. The van der Waals surface area contributed by atoms with Crippen molar-refractivity contribution in [2.75, 3.05) is 20.2 Å². The molecule has 1 saturated heterocycles. The summed E-state index contributed by atoms with van der Waals surface area (Å²) >= 11 is 0. The zero-order chi connectivity index (χ0) is 25.2. The summed E-state index contributed by atoms with van der Waals surface area (Å²) in [6.07, 6.45) is 15.2. The number of piperidine rings is 1.